The van der Waals surface area contributed by atoms with Gasteiger partial charge in [0.2, 0.25) is 5.95 Å². The Balaban J connectivity index is 2.60. The summed E-state index contributed by atoms with van der Waals surface area (Å²) in [5, 5.41) is 8.95. The first-order valence-corrected chi connectivity index (χ1v) is 4.38. The number of rotatable bonds is 1. The zero-order chi connectivity index (χ0) is 11.7. The summed E-state index contributed by atoms with van der Waals surface area (Å²) in [6.07, 6.45) is 1.02. The van der Waals surface area contributed by atoms with Crippen LogP contribution in [0, 0.1) is 17.6 Å². The molecule has 82 valence electrons. The van der Waals surface area contributed by atoms with Crippen LogP contribution >= 0.6 is 0 Å². The summed E-state index contributed by atoms with van der Waals surface area (Å²) in [6, 6.07) is 3.77. The fourth-order valence-electron chi connectivity index (χ4n) is 1.36. The van der Waals surface area contributed by atoms with E-state index in [9.17, 15) is 13.2 Å². The molecule has 0 aliphatic rings. The number of aromatic nitrogens is 1. The first-order valence-electron chi connectivity index (χ1n) is 4.38. The molecular weight excluding hydrogens is 219 g/mol. The number of phenolic OH excluding ortho intramolecular Hbond substituents is 1. The third-order valence-electron chi connectivity index (χ3n) is 2.04. The van der Waals surface area contributed by atoms with Crippen molar-refractivity contribution < 1.29 is 18.3 Å². The van der Waals surface area contributed by atoms with E-state index in [1.54, 1.807) is 0 Å². The highest BCUT2D eigenvalue weighted by atomic mass is 19.1. The van der Waals surface area contributed by atoms with Crippen LogP contribution in [0.2, 0.25) is 0 Å². The third-order valence-corrected chi connectivity index (χ3v) is 2.04. The molecular formula is C11H6F3NO. The van der Waals surface area contributed by atoms with Crippen molar-refractivity contribution in [3.8, 4) is 16.9 Å². The maximum atomic E-state index is 13.4. The van der Waals surface area contributed by atoms with Crippen LogP contribution in [0.3, 0.4) is 0 Å². The van der Waals surface area contributed by atoms with E-state index in [-0.39, 0.29) is 11.1 Å². The second kappa shape index (κ2) is 3.84. The number of aromatic hydroxyl groups is 1. The lowest BCUT2D eigenvalue weighted by Gasteiger charge is -2.05. The van der Waals surface area contributed by atoms with E-state index in [2.05, 4.69) is 4.98 Å². The van der Waals surface area contributed by atoms with E-state index in [1.165, 1.54) is 6.07 Å². The number of phenols is 1. The van der Waals surface area contributed by atoms with E-state index in [1.807, 2.05) is 0 Å². The highest BCUT2D eigenvalue weighted by molar-refractivity contribution is 5.64. The summed E-state index contributed by atoms with van der Waals surface area (Å²) < 4.78 is 39.3. The zero-order valence-electron chi connectivity index (χ0n) is 7.92. The molecule has 5 heteroatoms. The second-order valence-electron chi connectivity index (χ2n) is 3.15. The van der Waals surface area contributed by atoms with Crippen molar-refractivity contribution in [3.63, 3.8) is 0 Å². The summed E-state index contributed by atoms with van der Waals surface area (Å²) in [5.41, 5.74) is -0.235. The second-order valence-corrected chi connectivity index (χ2v) is 3.15. The van der Waals surface area contributed by atoms with Gasteiger partial charge >= 0.3 is 0 Å². The van der Waals surface area contributed by atoms with Gasteiger partial charge in [-0.25, -0.2) is 13.8 Å². The molecule has 0 saturated carbocycles. The van der Waals surface area contributed by atoms with Crippen LogP contribution in [-0.4, -0.2) is 10.1 Å². The molecule has 0 atom stereocenters. The largest absolute Gasteiger partial charge is 0.508 e. The van der Waals surface area contributed by atoms with Crippen molar-refractivity contribution in [2.24, 2.45) is 0 Å². The van der Waals surface area contributed by atoms with E-state index in [0.29, 0.717) is 0 Å². The Morgan fingerprint density at radius 1 is 1.00 bits per heavy atom. The van der Waals surface area contributed by atoms with E-state index in [4.69, 9.17) is 5.11 Å². The molecule has 0 spiro atoms. The van der Waals surface area contributed by atoms with Crippen LogP contribution in [0.1, 0.15) is 0 Å². The van der Waals surface area contributed by atoms with Crippen molar-refractivity contribution in [2.75, 3.05) is 0 Å². The number of nitrogens with zero attached hydrogens (tertiary/aromatic N) is 1. The summed E-state index contributed by atoms with van der Waals surface area (Å²) in [7, 11) is 0. The number of halogens is 3. The minimum Gasteiger partial charge on any atom is -0.508 e. The highest BCUT2D eigenvalue weighted by Gasteiger charge is 2.13. The van der Waals surface area contributed by atoms with Gasteiger partial charge in [-0.3, -0.25) is 0 Å². The molecule has 1 aromatic heterocycles. The van der Waals surface area contributed by atoms with E-state index in [0.717, 1.165) is 24.4 Å². The summed E-state index contributed by atoms with van der Waals surface area (Å²) >= 11 is 0. The number of pyridine rings is 1. The fourth-order valence-corrected chi connectivity index (χ4v) is 1.36. The van der Waals surface area contributed by atoms with Crippen LogP contribution < -0.4 is 0 Å². The minimum atomic E-state index is -0.925. The lowest BCUT2D eigenvalue weighted by molar-refractivity contribution is 0.461. The van der Waals surface area contributed by atoms with Crippen molar-refractivity contribution in [1.82, 2.24) is 4.98 Å². The van der Waals surface area contributed by atoms with E-state index >= 15 is 0 Å². The number of hydrogen-bond donors (Lipinski definition) is 1. The molecule has 2 aromatic rings. The average molecular weight is 225 g/mol. The molecule has 0 saturated heterocycles. The molecule has 0 aliphatic carbocycles. The molecule has 0 radical (unpaired) electrons. The summed E-state index contributed by atoms with van der Waals surface area (Å²) in [4.78, 5) is 3.30. The van der Waals surface area contributed by atoms with Gasteiger partial charge < -0.3 is 5.11 Å². The first-order chi connectivity index (χ1) is 7.58. The minimum absolute atomic E-state index is 0.108. The quantitative estimate of drug-likeness (QED) is 0.757. The molecule has 1 heterocycles. The molecule has 0 unspecified atom stereocenters. The molecule has 0 bridgehead atoms. The number of hydrogen-bond acceptors (Lipinski definition) is 2. The molecule has 1 N–H and O–H groups in total. The van der Waals surface area contributed by atoms with Gasteiger partial charge in [0, 0.05) is 23.9 Å². The van der Waals surface area contributed by atoms with Crippen molar-refractivity contribution in [1.29, 1.82) is 0 Å². The maximum Gasteiger partial charge on any atom is 0.212 e. The van der Waals surface area contributed by atoms with Crippen molar-refractivity contribution in [2.45, 2.75) is 0 Å². The molecule has 2 rings (SSSR count). The Kier molecular flexibility index (Phi) is 2.52. The Labute approximate surface area is 89.0 Å². The standard InChI is InChI=1S/C11H6F3NO/c12-8-3-7(16)4-9(13)11(8)6-1-2-10(14)15-5-6/h1-5,16H. The molecule has 0 amide bonds. The molecule has 0 aliphatic heterocycles. The van der Waals surface area contributed by atoms with Crippen LogP contribution in [0.15, 0.2) is 30.5 Å². The van der Waals surface area contributed by atoms with Gasteiger partial charge in [-0.2, -0.15) is 4.39 Å². The molecule has 0 fully saturated rings. The molecule has 2 nitrogen and oxygen atoms in total. The Bertz CT molecular complexity index is 502. The Morgan fingerprint density at radius 3 is 2.12 bits per heavy atom. The van der Waals surface area contributed by atoms with Crippen LogP contribution in [0.5, 0.6) is 5.75 Å². The maximum absolute atomic E-state index is 13.4. The highest BCUT2D eigenvalue weighted by Crippen LogP contribution is 2.28. The topological polar surface area (TPSA) is 33.1 Å². The lowest BCUT2D eigenvalue weighted by atomic mass is 10.1. The van der Waals surface area contributed by atoms with Crippen molar-refractivity contribution >= 4 is 0 Å². The molecule has 16 heavy (non-hydrogen) atoms. The Hall–Kier alpha value is -2.04. The van der Waals surface area contributed by atoms with E-state index < -0.39 is 23.3 Å². The smallest absolute Gasteiger partial charge is 0.212 e. The van der Waals surface area contributed by atoms with Gasteiger partial charge in [-0.1, -0.05) is 0 Å². The SMILES string of the molecule is Oc1cc(F)c(-c2ccc(F)nc2)c(F)c1. The van der Waals surface area contributed by atoms with Gasteiger partial charge in [-0.05, 0) is 12.1 Å². The Morgan fingerprint density at radius 2 is 1.62 bits per heavy atom. The van der Waals surface area contributed by atoms with Crippen LogP contribution in [0.25, 0.3) is 11.1 Å². The summed E-state index contributed by atoms with van der Waals surface area (Å²) in [6.45, 7) is 0. The van der Waals surface area contributed by atoms with Gasteiger partial charge in [0.1, 0.15) is 17.4 Å². The average Bonchev–Trinajstić information content (AvgIpc) is 2.19. The monoisotopic (exact) mass is 225 g/mol. The first kappa shape index (κ1) is 10.5. The van der Waals surface area contributed by atoms with Crippen LogP contribution in [0.4, 0.5) is 13.2 Å². The predicted molar refractivity (Wildman–Crippen MR) is 51.2 cm³/mol. The number of benzene rings is 1. The van der Waals surface area contributed by atoms with Gasteiger partial charge in [0.25, 0.3) is 0 Å². The summed E-state index contributed by atoms with van der Waals surface area (Å²) in [5.74, 6) is -3.09. The molecule has 1 aromatic carbocycles. The third kappa shape index (κ3) is 1.84. The predicted octanol–water partition coefficient (Wildman–Crippen LogP) is 2.87. The van der Waals surface area contributed by atoms with Gasteiger partial charge in [-0.15, -0.1) is 0 Å². The normalized spacial score (nSPS) is 10.4. The zero-order valence-corrected chi connectivity index (χ0v) is 7.92. The fraction of sp³-hybridized carbons (Fsp3) is 0. The van der Waals surface area contributed by atoms with Crippen LogP contribution in [-0.2, 0) is 0 Å². The van der Waals surface area contributed by atoms with Crippen molar-refractivity contribution in [3.05, 3.63) is 48.0 Å². The lowest BCUT2D eigenvalue weighted by Crippen LogP contribution is -1.91. The van der Waals surface area contributed by atoms with Gasteiger partial charge in [0.05, 0.1) is 5.56 Å². The van der Waals surface area contributed by atoms with Gasteiger partial charge in [0.15, 0.2) is 0 Å².